The summed E-state index contributed by atoms with van der Waals surface area (Å²) in [7, 11) is 4.67. The number of aryl methyl sites for hydroxylation is 1. The van der Waals surface area contributed by atoms with Gasteiger partial charge >= 0.3 is 6.18 Å². The van der Waals surface area contributed by atoms with Crippen molar-refractivity contribution < 1.29 is 26.7 Å². The van der Waals surface area contributed by atoms with E-state index < -0.39 is 24.3 Å². The van der Waals surface area contributed by atoms with Gasteiger partial charge in [-0.2, -0.15) is 18.3 Å². The molecule has 0 amide bonds. The second kappa shape index (κ2) is 11.3. The Bertz CT molecular complexity index is 1850. The van der Waals surface area contributed by atoms with E-state index in [1.54, 1.807) is 27.1 Å². The number of imidazole rings is 1. The molecule has 1 fully saturated rings. The highest BCUT2D eigenvalue weighted by molar-refractivity contribution is 5.88. The number of rotatable bonds is 9. The van der Waals surface area contributed by atoms with Gasteiger partial charge in [-0.3, -0.25) is 4.68 Å². The van der Waals surface area contributed by atoms with Gasteiger partial charge in [-0.15, -0.1) is 0 Å². The highest BCUT2D eigenvalue weighted by atomic mass is 19.4. The van der Waals surface area contributed by atoms with Crippen molar-refractivity contribution in [2.24, 2.45) is 7.05 Å². The summed E-state index contributed by atoms with van der Waals surface area (Å²) in [5.74, 6) is 0.936. The minimum atomic E-state index is -4.62. The number of alkyl halides is 5. The molecule has 10 nitrogen and oxygen atoms in total. The fourth-order valence-corrected chi connectivity index (χ4v) is 5.42. The van der Waals surface area contributed by atoms with Gasteiger partial charge in [0.25, 0.3) is 6.43 Å². The third kappa shape index (κ3) is 5.66. The predicted molar refractivity (Wildman–Crippen MR) is 156 cm³/mol. The van der Waals surface area contributed by atoms with Crippen molar-refractivity contribution in [1.82, 2.24) is 39.3 Å². The van der Waals surface area contributed by atoms with Gasteiger partial charge in [0.05, 0.1) is 19.0 Å². The SMILES string of the molecule is COc1ncnc(C2CC2)c1-c1nc(N(C)[C@H](c2ccc(-c3nc(C(F)(F)F)cn3C(C)C)cc2)C(F)F)c2nn(C)cc2n1. The number of methoxy groups -OCH3 is 1. The van der Waals surface area contributed by atoms with Crippen LogP contribution in [0, 0.1) is 0 Å². The van der Waals surface area contributed by atoms with Crippen LogP contribution in [0.5, 0.6) is 5.88 Å². The molecular formula is C30H30F5N9O. The number of ether oxygens (including phenoxy) is 1. The second-order valence-corrected chi connectivity index (χ2v) is 11.3. The van der Waals surface area contributed by atoms with Gasteiger partial charge in [0.15, 0.2) is 22.9 Å². The van der Waals surface area contributed by atoms with E-state index in [1.165, 1.54) is 58.9 Å². The number of halogens is 5. The van der Waals surface area contributed by atoms with E-state index in [0.29, 0.717) is 22.2 Å². The molecule has 4 heterocycles. The number of benzene rings is 1. The van der Waals surface area contributed by atoms with Gasteiger partial charge in [0.2, 0.25) is 5.88 Å². The zero-order chi connectivity index (χ0) is 32.2. The first-order chi connectivity index (χ1) is 21.4. The Morgan fingerprint density at radius 2 is 1.71 bits per heavy atom. The van der Waals surface area contributed by atoms with Crippen LogP contribution in [0.2, 0.25) is 0 Å². The van der Waals surface area contributed by atoms with Gasteiger partial charge in [-0.25, -0.2) is 33.7 Å². The van der Waals surface area contributed by atoms with Gasteiger partial charge in [-0.1, -0.05) is 24.3 Å². The Morgan fingerprint density at radius 1 is 1.00 bits per heavy atom. The molecule has 5 aromatic rings. The standard InChI is InChI=1S/C30H30F5N9O/c1-15(2)44-13-20(30(33,34)35)39-27(44)18-10-8-17(9-11-18)24(25(31)32)43(4)28-23-19(12-42(3)41-23)38-26(40-28)21-22(16-6-7-16)36-14-37-29(21)45-5/h8-16,24-25H,6-7H2,1-5H3/t24-/m1/s1. The molecule has 0 bridgehead atoms. The van der Waals surface area contributed by atoms with Crippen molar-refractivity contribution in [2.75, 3.05) is 19.1 Å². The fourth-order valence-electron chi connectivity index (χ4n) is 5.42. The van der Waals surface area contributed by atoms with Crippen LogP contribution in [0.15, 0.2) is 43.0 Å². The number of hydrogen-bond acceptors (Lipinski definition) is 8. The molecule has 0 saturated heterocycles. The lowest BCUT2D eigenvalue weighted by Gasteiger charge is -2.29. The van der Waals surface area contributed by atoms with Crippen LogP contribution in [0.1, 0.15) is 61.6 Å². The first kappa shape index (κ1) is 30.3. The molecule has 1 aliphatic carbocycles. The first-order valence-electron chi connectivity index (χ1n) is 14.2. The van der Waals surface area contributed by atoms with E-state index in [4.69, 9.17) is 14.7 Å². The largest absolute Gasteiger partial charge is 0.480 e. The van der Waals surface area contributed by atoms with E-state index in [-0.39, 0.29) is 40.9 Å². The molecule has 15 heteroatoms. The number of aromatic nitrogens is 8. The molecule has 1 aromatic carbocycles. The lowest BCUT2D eigenvalue weighted by Crippen LogP contribution is -2.31. The molecule has 0 radical (unpaired) electrons. The zero-order valence-electron chi connectivity index (χ0n) is 25.1. The third-order valence-electron chi connectivity index (χ3n) is 7.76. The van der Waals surface area contributed by atoms with Crippen molar-refractivity contribution in [2.45, 2.75) is 57.3 Å². The molecule has 236 valence electrons. The molecule has 0 unspecified atom stereocenters. The van der Waals surface area contributed by atoms with Gasteiger partial charge in [-0.05, 0) is 32.3 Å². The molecule has 0 aliphatic heterocycles. The maximum absolute atomic E-state index is 14.9. The maximum atomic E-state index is 14.9. The van der Waals surface area contributed by atoms with Crippen LogP contribution >= 0.6 is 0 Å². The summed E-state index contributed by atoms with van der Waals surface area (Å²) >= 11 is 0. The number of hydrogen-bond donors (Lipinski definition) is 0. The van der Waals surface area contributed by atoms with Crippen LogP contribution in [-0.4, -0.2) is 59.9 Å². The van der Waals surface area contributed by atoms with Gasteiger partial charge in [0, 0.05) is 37.8 Å². The first-order valence-corrected chi connectivity index (χ1v) is 14.2. The number of nitrogens with zero attached hydrogens (tertiary/aromatic N) is 9. The highest BCUT2D eigenvalue weighted by Gasteiger charge is 2.36. The average Bonchev–Trinajstić information content (AvgIpc) is 3.61. The van der Waals surface area contributed by atoms with Crippen LogP contribution in [0.25, 0.3) is 33.8 Å². The van der Waals surface area contributed by atoms with Crippen molar-refractivity contribution >= 4 is 16.9 Å². The predicted octanol–water partition coefficient (Wildman–Crippen LogP) is 6.61. The number of anilines is 1. The molecule has 1 aliphatic rings. The lowest BCUT2D eigenvalue weighted by molar-refractivity contribution is -0.140. The van der Waals surface area contributed by atoms with Crippen LogP contribution in [0.4, 0.5) is 27.8 Å². The summed E-state index contributed by atoms with van der Waals surface area (Å²) in [6.07, 6.45) is -1.58. The summed E-state index contributed by atoms with van der Waals surface area (Å²) < 4.78 is 78.5. The Balaban J connectivity index is 1.43. The van der Waals surface area contributed by atoms with Crippen LogP contribution < -0.4 is 9.64 Å². The van der Waals surface area contributed by atoms with Crippen molar-refractivity contribution in [1.29, 1.82) is 0 Å². The monoisotopic (exact) mass is 627 g/mol. The van der Waals surface area contributed by atoms with Crippen LogP contribution in [0.3, 0.4) is 0 Å². The Kier molecular flexibility index (Phi) is 7.65. The summed E-state index contributed by atoms with van der Waals surface area (Å²) in [5.41, 5.74) is 1.53. The maximum Gasteiger partial charge on any atom is 0.434 e. The quantitative estimate of drug-likeness (QED) is 0.168. The van der Waals surface area contributed by atoms with E-state index in [0.717, 1.165) is 24.7 Å². The highest BCUT2D eigenvalue weighted by Crippen LogP contribution is 2.45. The Morgan fingerprint density at radius 3 is 2.31 bits per heavy atom. The molecule has 6 rings (SSSR count). The third-order valence-corrected chi connectivity index (χ3v) is 7.76. The Labute approximate surface area is 254 Å². The lowest BCUT2D eigenvalue weighted by atomic mass is 10.0. The second-order valence-electron chi connectivity index (χ2n) is 11.3. The normalized spacial score (nSPS) is 14.5. The number of fused-ring (bicyclic) bond motifs is 1. The summed E-state index contributed by atoms with van der Waals surface area (Å²) in [6.45, 7) is 3.47. The topological polar surface area (TPSA) is 99.7 Å². The van der Waals surface area contributed by atoms with Crippen molar-refractivity contribution in [3.05, 3.63) is 59.9 Å². The minimum absolute atomic E-state index is 0.0898. The molecular weight excluding hydrogens is 597 g/mol. The Hall–Kier alpha value is -4.69. The van der Waals surface area contributed by atoms with E-state index in [1.807, 2.05) is 0 Å². The van der Waals surface area contributed by atoms with Crippen molar-refractivity contribution in [3.63, 3.8) is 0 Å². The summed E-state index contributed by atoms with van der Waals surface area (Å²) in [4.78, 5) is 23.3. The van der Waals surface area contributed by atoms with Crippen LogP contribution in [-0.2, 0) is 13.2 Å². The summed E-state index contributed by atoms with van der Waals surface area (Å²) in [6, 6.07) is 4.12. The fraction of sp³-hybridized carbons (Fsp3) is 0.400. The molecule has 4 aromatic heterocycles. The smallest absolute Gasteiger partial charge is 0.434 e. The van der Waals surface area contributed by atoms with E-state index >= 15 is 0 Å². The summed E-state index contributed by atoms with van der Waals surface area (Å²) in [5, 5.41) is 4.46. The van der Waals surface area contributed by atoms with E-state index in [2.05, 4.69) is 20.1 Å². The minimum Gasteiger partial charge on any atom is -0.480 e. The molecule has 1 atom stereocenters. The van der Waals surface area contributed by atoms with E-state index in [9.17, 15) is 22.0 Å². The van der Waals surface area contributed by atoms with Gasteiger partial charge < -0.3 is 14.2 Å². The van der Waals surface area contributed by atoms with Gasteiger partial charge in [0.1, 0.15) is 29.3 Å². The molecule has 1 saturated carbocycles. The molecule has 0 N–H and O–H groups in total. The average molecular weight is 628 g/mol. The molecule has 45 heavy (non-hydrogen) atoms. The zero-order valence-corrected chi connectivity index (χ0v) is 25.1. The van der Waals surface area contributed by atoms with Crippen molar-refractivity contribution in [3.8, 4) is 28.7 Å². The molecule has 0 spiro atoms.